The molecule has 1 aliphatic rings. The van der Waals surface area contributed by atoms with Crippen LogP contribution in [0.4, 0.5) is 0 Å². The minimum atomic E-state index is -0.894. The number of rotatable bonds is 3. The number of pyridine rings is 1. The monoisotopic (exact) mass is 277 g/mol. The van der Waals surface area contributed by atoms with Gasteiger partial charge in [-0.1, -0.05) is 6.07 Å². The van der Waals surface area contributed by atoms with Gasteiger partial charge in [0.05, 0.1) is 19.3 Å². The molecule has 0 radical (unpaired) electrons. The molecule has 1 aromatic rings. The Labute approximate surface area is 118 Å². The largest absolute Gasteiger partial charge is 0.481 e. The summed E-state index contributed by atoms with van der Waals surface area (Å²) in [6.45, 7) is 5.42. The Kier molecular flexibility index (Phi) is 3.65. The van der Waals surface area contributed by atoms with Crippen molar-refractivity contribution in [2.75, 3.05) is 7.11 Å². The van der Waals surface area contributed by atoms with Crippen molar-refractivity contribution in [3.8, 4) is 5.88 Å². The molecule has 2 amide bonds. The number of nitrogens with zero attached hydrogens (tertiary/aromatic N) is 2. The smallest absolute Gasteiger partial charge is 0.246 e. The fraction of sp³-hybridized carbons (Fsp3) is 0.500. The van der Waals surface area contributed by atoms with E-state index in [4.69, 9.17) is 4.74 Å². The molecule has 1 atom stereocenters. The van der Waals surface area contributed by atoms with Crippen LogP contribution in [0.25, 0.3) is 0 Å². The van der Waals surface area contributed by atoms with Crippen LogP contribution in [0.1, 0.15) is 26.5 Å². The molecule has 1 aliphatic heterocycles. The highest BCUT2D eigenvalue weighted by Gasteiger charge is 2.44. The lowest BCUT2D eigenvalue weighted by atomic mass is 9.96. The lowest BCUT2D eigenvalue weighted by Gasteiger charge is -2.43. The first-order valence-electron chi connectivity index (χ1n) is 6.48. The van der Waals surface area contributed by atoms with Gasteiger partial charge in [-0.2, -0.15) is 0 Å². The van der Waals surface area contributed by atoms with Gasteiger partial charge in [0.1, 0.15) is 11.6 Å². The Morgan fingerprint density at radius 3 is 2.75 bits per heavy atom. The van der Waals surface area contributed by atoms with Crippen LogP contribution in [0.2, 0.25) is 0 Å². The number of nitrogens with one attached hydrogen (secondary N) is 1. The van der Waals surface area contributed by atoms with Gasteiger partial charge in [0.15, 0.2) is 0 Å². The number of carbonyl (C=O) groups excluding carboxylic acids is 2. The predicted molar refractivity (Wildman–Crippen MR) is 73.0 cm³/mol. The third kappa shape index (κ3) is 2.45. The second-order valence-electron chi connectivity index (χ2n) is 5.35. The van der Waals surface area contributed by atoms with Gasteiger partial charge in [0.2, 0.25) is 17.7 Å². The Bertz CT molecular complexity index is 542. The van der Waals surface area contributed by atoms with Crippen molar-refractivity contribution in [2.45, 2.75) is 38.9 Å². The first-order valence-corrected chi connectivity index (χ1v) is 6.48. The minimum absolute atomic E-state index is 0.112. The van der Waals surface area contributed by atoms with E-state index in [0.717, 1.165) is 0 Å². The van der Waals surface area contributed by atoms with E-state index >= 15 is 0 Å². The number of methoxy groups -OCH3 is 1. The summed E-state index contributed by atoms with van der Waals surface area (Å²) in [5, 5.41) is 2.68. The van der Waals surface area contributed by atoms with E-state index in [-0.39, 0.29) is 18.4 Å². The van der Waals surface area contributed by atoms with E-state index in [0.29, 0.717) is 11.6 Å². The Morgan fingerprint density at radius 2 is 2.10 bits per heavy atom. The molecule has 6 nitrogen and oxygen atoms in total. The third-order valence-corrected chi connectivity index (χ3v) is 3.52. The first-order chi connectivity index (χ1) is 9.36. The zero-order valence-electron chi connectivity index (χ0n) is 12.1. The molecule has 0 bridgehead atoms. The standard InChI is InChI=1S/C14H19N3O3/c1-9-12(18)17(14(2,3)13(19)15-9)8-10-6-5-7-11(16-10)20-4/h5-7,9H,8H2,1-4H3,(H,15,19). The Balaban J connectivity index is 2.28. The number of aromatic nitrogens is 1. The maximum atomic E-state index is 12.3. The fourth-order valence-electron chi connectivity index (χ4n) is 2.16. The third-order valence-electron chi connectivity index (χ3n) is 3.52. The zero-order chi connectivity index (χ0) is 14.9. The van der Waals surface area contributed by atoms with E-state index < -0.39 is 11.6 Å². The highest BCUT2D eigenvalue weighted by Crippen LogP contribution is 2.23. The first kappa shape index (κ1) is 14.3. The summed E-state index contributed by atoms with van der Waals surface area (Å²) < 4.78 is 5.07. The molecule has 2 rings (SSSR count). The summed E-state index contributed by atoms with van der Waals surface area (Å²) in [5.74, 6) is 0.217. The quantitative estimate of drug-likeness (QED) is 0.883. The van der Waals surface area contributed by atoms with Crippen molar-refractivity contribution in [3.63, 3.8) is 0 Å². The van der Waals surface area contributed by atoms with Crippen LogP contribution < -0.4 is 10.1 Å². The number of piperazine rings is 1. The second-order valence-corrected chi connectivity index (χ2v) is 5.35. The molecule has 0 saturated carbocycles. The maximum Gasteiger partial charge on any atom is 0.246 e. The Morgan fingerprint density at radius 1 is 1.40 bits per heavy atom. The normalized spacial score (nSPS) is 21.6. The summed E-state index contributed by atoms with van der Waals surface area (Å²) in [4.78, 5) is 30.2. The van der Waals surface area contributed by atoms with Crippen LogP contribution in [0.3, 0.4) is 0 Å². The number of carbonyl (C=O) groups is 2. The van der Waals surface area contributed by atoms with Crippen molar-refractivity contribution in [3.05, 3.63) is 23.9 Å². The van der Waals surface area contributed by atoms with Gasteiger partial charge >= 0.3 is 0 Å². The predicted octanol–water partition coefficient (Wildman–Crippen LogP) is 0.716. The SMILES string of the molecule is COc1cccc(CN2C(=O)C(C)NC(=O)C2(C)C)n1. The average Bonchev–Trinajstić information content (AvgIpc) is 2.42. The van der Waals surface area contributed by atoms with Gasteiger partial charge in [-0.25, -0.2) is 4.98 Å². The summed E-state index contributed by atoms with van der Waals surface area (Å²) >= 11 is 0. The highest BCUT2D eigenvalue weighted by molar-refractivity contribution is 5.99. The lowest BCUT2D eigenvalue weighted by molar-refractivity contribution is -0.155. The molecule has 0 aromatic carbocycles. The molecule has 1 unspecified atom stereocenters. The van der Waals surface area contributed by atoms with Crippen LogP contribution in [-0.2, 0) is 16.1 Å². The van der Waals surface area contributed by atoms with Crippen molar-refractivity contribution in [1.82, 2.24) is 15.2 Å². The lowest BCUT2D eigenvalue weighted by Crippen LogP contribution is -2.67. The van der Waals surface area contributed by atoms with Gasteiger partial charge in [0.25, 0.3) is 0 Å². The van der Waals surface area contributed by atoms with E-state index in [9.17, 15) is 9.59 Å². The van der Waals surface area contributed by atoms with E-state index in [2.05, 4.69) is 10.3 Å². The molecule has 2 heterocycles. The van der Waals surface area contributed by atoms with Gasteiger partial charge in [0, 0.05) is 6.07 Å². The molecule has 6 heteroatoms. The summed E-state index contributed by atoms with van der Waals surface area (Å²) in [5.41, 5.74) is -0.207. The van der Waals surface area contributed by atoms with Crippen molar-refractivity contribution in [1.29, 1.82) is 0 Å². The summed E-state index contributed by atoms with van der Waals surface area (Å²) in [6.07, 6.45) is 0. The zero-order valence-corrected chi connectivity index (χ0v) is 12.1. The topological polar surface area (TPSA) is 71.5 Å². The van der Waals surface area contributed by atoms with Crippen LogP contribution in [0.15, 0.2) is 18.2 Å². The second kappa shape index (κ2) is 5.11. The molecule has 108 valence electrons. The maximum absolute atomic E-state index is 12.3. The molecular formula is C14H19N3O3. The van der Waals surface area contributed by atoms with Crippen LogP contribution in [0.5, 0.6) is 5.88 Å². The van der Waals surface area contributed by atoms with Crippen molar-refractivity contribution < 1.29 is 14.3 Å². The number of amides is 2. The van der Waals surface area contributed by atoms with E-state index in [1.54, 1.807) is 31.7 Å². The van der Waals surface area contributed by atoms with E-state index in [1.165, 1.54) is 7.11 Å². The highest BCUT2D eigenvalue weighted by atomic mass is 16.5. The molecular weight excluding hydrogens is 258 g/mol. The van der Waals surface area contributed by atoms with Crippen molar-refractivity contribution >= 4 is 11.8 Å². The van der Waals surface area contributed by atoms with Gasteiger partial charge < -0.3 is 15.0 Å². The van der Waals surface area contributed by atoms with Crippen LogP contribution in [0, 0.1) is 0 Å². The van der Waals surface area contributed by atoms with Crippen LogP contribution >= 0.6 is 0 Å². The number of ether oxygens (including phenoxy) is 1. The molecule has 1 aromatic heterocycles. The van der Waals surface area contributed by atoms with Crippen molar-refractivity contribution in [2.24, 2.45) is 0 Å². The minimum Gasteiger partial charge on any atom is -0.481 e. The fourth-order valence-corrected chi connectivity index (χ4v) is 2.16. The molecule has 1 saturated heterocycles. The van der Waals surface area contributed by atoms with Crippen LogP contribution in [-0.4, -0.2) is 40.4 Å². The van der Waals surface area contributed by atoms with Gasteiger partial charge in [-0.05, 0) is 26.8 Å². The number of hydrogen-bond donors (Lipinski definition) is 1. The van der Waals surface area contributed by atoms with E-state index in [1.807, 2.05) is 12.1 Å². The summed E-state index contributed by atoms with van der Waals surface area (Å²) in [6, 6.07) is 4.85. The number of hydrogen-bond acceptors (Lipinski definition) is 4. The average molecular weight is 277 g/mol. The molecule has 0 aliphatic carbocycles. The molecule has 1 fully saturated rings. The molecule has 0 spiro atoms. The summed E-state index contributed by atoms with van der Waals surface area (Å²) in [7, 11) is 1.54. The molecule has 1 N–H and O–H groups in total. The molecule has 20 heavy (non-hydrogen) atoms. The van der Waals surface area contributed by atoms with Gasteiger partial charge in [-0.15, -0.1) is 0 Å². The Hall–Kier alpha value is -2.11. The van der Waals surface area contributed by atoms with Gasteiger partial charge in [-0.3, -0.25) is 9.59 Å².